The van der Waals surface area contributed by atoms with E-state index in [1.165, 1.54) is 6.92 Å². The van der Waals surface area contributed by atoms with Gasteiger partial charge in [-0.05, 0) is 11.5 Å². The highest BCUT2D eigenvalue weighted by Crippen LogP contribution is 2.37. The zero-order valence-corrected chi connectivity index (χ0v) is 19.2. The van der Waals surface area contributed by atoms with E-state index >= 15 is 0 Å². The third-order valence-corrected chi connectivity index (χ3v) is 6.27. The molecule has 1 N–H and O–H groups in total. The van der Waals surface area contributed by atoms with Gasteiger partial charge in [0, 0.05) is 30.3 Å². The van der Waals surface area contributed by atoms with Crippen LogP contribution in [0.3, 0.4) is 0 Å². The van der Waals surface area contributed by atoms with Crippen molar-refractivity contribution in [2.75, 3.05) is 6.67 Å². The maximum atomic E-state index is 14.0. The zero-order valence-electron chi connectivity index (χ0n) is 19.2. The van der Waals surface area contributed by atoms with E-state index in [1.807, 2.05) is 30.3 Å². The topological polar surface area (TPSA) is 116 Å². The van der Waals surface area contributed by atoms with Gasteiger partial charge in [-0.15, -0.1) is 0 Å². The van der Waals surface area contributed by atoms with Crippen LogP contribution < -0.4 is 5.32 Å². The van der Waals surface area contributed by atoms with Gasteiger partial charge in [-0.2, -0.15) is 0 Å². The average molecular weight is 471 g/mol. The van der Waals surface area contributed by atoms with Crippen LogP contribution in [0.25, 0.3) is 10.8 Å². The van der Waals surface area contributed by atoms with Crippen LogP contribution in [0.2, 0.25) is 0 Å². The number of nitrogens with zero attached hydrogens (tertiary/aromatic N) is 2. The minimum atomic E-state index is -2.21. The summed E-state index contributed by atoms with van der Waals surface area (Å²) in [5.41, 5.74) is -0.340. The number of carbonyl (C=O) groups is 3. The van der Waals surface area contributed by atoms with Crippen molar-refractivity contribution in [1.29, 1.82) is 0 Å². The van der Waals surface area contributed by atoms with Crippen molar-refractivity contribution < 1.29 is 33.1 Å². The van der Waals surface area contributed by atoms with E-state index in [0.717, 1.165) is 10.8 Å². The van der Waals surface area contributed by atoms with Gasteiger partial charge in [0.25, 0.3) is 5.91 Å². The van der Waals surface area contributed by atoms with Gasteiger partial charge in [0.05, 0.1) is 12.1 Å². The third kappa shape index (κ3) is 3.97. The molecular formula is C24H26FN3O6. The first-order valence-electron chi connectivity index (χ1n) is 11.1. The van der Waals surface area contributed by atoms with Crippen molar-refractivity contribution in [2.45, 2.75) is 57.5 Å². The minimum Gasteiger partial charge on any atom is -0.417 e. The Bertz CT molecular complexity index is 1160. The van der Waals surface area contributed by atoms with E-state index in [4.69, 9.17) is 14.3 Å². The number of pyridine rings is 1. The number of cyclic esters (lactones) is 1. The predicted molar refractivity (Wildman–Crippen MR) is 119 cm³/mol. The van der Waals surface area contributed by atoms with Crippen molar-refractivity contribution >= 4 is 34.3 Å². The first kappa shape index (κ1) is 23.6. The summed E-state index contributed by atoms with van der Waals surface area (Å²) >= 11 is 0. The van der Waals surface area contributed by atoms with Crippen molar-refractivity contribution in [3.8, 4) is 0 Å². The number of hydrogen-bond acceptors (Lipinski definition) is 8. The Labute approximate surface area is 195 Å². The number of ether oxygens (including phenoxy) is 2. The van der Waals surface area contributed by atoms with Crippen LogP contribution in [-0.2, 0) is 28.7 Å². The molecular weight excluding hydrogens is 445 g/mol. The maximum absolute atomic E-state index is 14.0. The Morgan fingerprint density at radius 2 is 2.06 bits per heavy atom. The van der Waals surface area contributed by atoms with Crippen LogP contribution in [0.1, 0.15) is 45.7 Å². The van der Waals surface area contributed by atoms with E-state index in [1.54, 1.807) is 20.0 Å². The van der Waals surface area contributed by atoms with Crippen LogP contribution in [0.5, 0.6) is 0 Å². The summed E-state index contributed by atoms with van der Waals surface area (Å²) in [4.78, 5) is 47.5. The quantitative estimate of drug-likeness (QED) is 0.617. The number of esters is 2. The molecule has 3 atom stereocenters. The second kappa shape index (κ2) is 9.00. The summed E-state index contributed by atoms with van der Waals surface area (Å²) in [6, 6.07) is 8.32. The summed E-state index contributed by atoms with van der Waals surface area (Å²) in [6.45, 7) is 3.82. The Morgan fingerprint density at radius 3 is 2.76 bits per heavy atom. The monoisotopic (exact) mass is 471 g/mol. The lowest BCUT2D eigenvalue weighted by atomic mass is 9.83. The first-order chi connectivity index (χ1) is 16.2. The van der Waals surface area contributed by atoms with Crippen molar-refractivity contribution in [1.82, 2.24) is 10.3 Å². The Morgan fingerprint density at radius 1 is 1.29 bits per heavy atom. The average Bonchev–Trinajstić information content (AvgIpc) is 3.41. The fourth-order valence-electron chi connectivity index (χ4n) is 4.19. The Kier molecular flexibility index (Phi) is 6.24. The zero-order chi connectivity index (χ0) is 24.5. The lowest BCUT2D eigenvalue weighted by Gasteiger charge is -2.34. The Balaban J connectivity index is 1.60. The van der Waals surface area contributed by atoms with Gasteiger partial charge in [0.15, 0.2) is 6.67 Å². The number of rotatable bonds is 7. The molecule has 34 heavy (non-hydrogen) atoms. The fraction of sp³-hybridized carbons (Fsp3) is 0.458. The number of aromatic nitrogens is 1. The van der Waals surface area contributed by atoms with E-state index in [-0.39, 0.29) is 25.2 Å². The predicted octanol–water partition coefficient (Wildman–Crippen LogP) is 2.80. The summed E-state index contributed by atoms with van der Waals surface area (Å²) in [7, 11) is 0. The number of fused-ring (bicyclic) bond motifs is 1. The number of carbonyl (C=O) groups excluding carboxylic acids is 3. The van der Waals surface area contributed by atoms with E-state index < -0.39 is 42.0 Å². The molecule has 10 heteroatoms. The lowest BCUT2D eigenvalue weighted by molar-refractivity contribution is -0.225. The van der Waals surface area contributed by atoms with Gasteiger partial charge < -0.3 is 19.6 Å². The number of benzene rings is 1. The molecule has 0 saturated carbocycles. The molecule has 180 valence electrons. The van der Waals surface area contributed by atoms with E-state index in [2.05, 4.69) is 15.5 Å². The summed E-state index contributed by atoms with van der Waals surface area (Å²) in [6.07, 6.45) is 1.37. The largest absolute Gasteiger partial charge is 0.417 e. The molecule has 0 spiro atoms. The second-order valence-electron chi connectivity index (χ2n) is 8.71. The highest BCUT2D eigenvalue weighted by molar-refractivity contribution is 6.11. The van der Waals surface area contributed by atoms with Gasteiger partial charge in [0.2, 0.25) is 5.60 Å². The highest BCUT2D eigenvalue weighted by Gasteiger charge is 2.57. The van der Waals surface area contributed by atoms with Gasteiger partial charge in [0.1, 0.15) is 11.8 Å². The molecule has 1 fully saturated rings. The number of nitrogens with one attached hydrogen (secondary N) is 1. The second-order valence-corrected chi connectivity index (χ2v) is 8.71. The van der Waals surface area contributed by atoms with Gasteiger partial charge >= 0.3 is 17.7 Å². The normalized spacial score (nSPS) is 26.2. The van der Waals surface area contributed by atoms with Crippen LogP contribution in [0.15, 0.2) is 41.7 Å². The number of halogens is 1. The Hall–Kier alpha value is -3.56. The summed E-state index contributed by atoms with van der Waals surface area (Å²) in [5, 5.41) is 8.66. The molecule has 2 aromatic rings. The molecule has 1 amide bonds. The fourth-order valence-corrected chi connectivity index (χ4v) is 4.19. The van der Waals surface area contributed by atoms with E-state index in [9.17, 15) is 18.8 Å². The number of hydrogen-bond donors (Lipinski definition) is 1. The van der Waals surface area contributed by atoms with Gasteiger partial charge in [-0.25, -0.2) is 4.39 Å². The first-order valence-corrected chi connectivity index (χ1v) is 11.1. The summed E-state index contributed by atoms with van der Waals surface area (Å²) < 4.78 is 24.2. The van der Waals surface area contributed by atoms with Crippen molar-refractivity contribution in [3.05, 3.63) is 42.2 Å². The molecule has 0 aliphatic carbocycles. The molecule has 1 saturated heterocycles. The van der Waals surface area contributed by atoms with Crippen molar-refractivity contribution in [2.24, 2.45) is 11.1 Å². The third-order valence-electron chi connectivity index (χ3n) is 6.27. The molecule has 4 rings (SSSR count). The molecule has 9 nitrogen and oxygen atoms in total. The minimum absolute atomic E-state index is 0.0474. The molecule has 3 heterocycles. The lowest BCUT2D eigenvalue weighted by Crippen LogP contribution is -2.60. The maximum Gasteiger partial charge on any atom is 0.311 e. The van der Waals surface area contributed by atoms with Gasteiger partial charge in [-0.3, -0.25) is 19.4 Å². The molecule has 2 aliphatic rings. The number of oxime groups is 1. The van der Waals surface area contributed by atoms with Crippen LogP contribution in [0, 0.1) is 5.92 Å². The van der Waals surface area contributed by atoms with E-state index in [0.29, 0.717) is 11.4 Å². The molecule has 1 aromatic heterocycles. The van der Waals surface area contributed by atoms with Crippen molar-refractivity contribution in [3.63, 3.8) is 0 Å². The number of alkyl halides is 1. The van der Waals surface area contributed by atoms with Crippen LogP contribution >= 0.6 is 0 Å². The number of amides is 1. The van der Waals surface area contributed by atoms with Crippen LogP contribution in [-0.4, -0.2) is 52.6 Å². The molecule has 2 aliphatic heterocycles. The molecule has 0 radical (unpaired) electrons. The molecule has 1 unspecified atom stereocenters. The van der Waals surface area contributed by atoms with Crippen LogP contribution in [0.4, 0.5) is 4.39 Å². The molecule has 1 aromatic carbocycles. The smallest absolute Gasteiger partial charge is 0.311 e. The summed E-state index contributed by atoms with van der Waals surface area (Å²) in [5.74, 6) is -4.71. The SMILES string of the molecule is CCC(=O)O[C@]1(CF)OC(=O)CC1NC(=O)[C@]1(C(C)C)CC(c2nccc3ccccc23)=NO1. The van der Waals surface area contributed by atoms with Gasteiger partial charge in [-0.1, -0.05) is 50.2 Å². The standard InChI is InChI=1S/C24H26FN3O6/c1-4-19(29)32-24(13-25)18(11-20(30)33-24)27-22(31)23(14(2)3)12-17(28-34-23)21-16-8-6-5-7-15(16)9-10-26-21/h5-10,14,18H,4,11-13H2,1-3H3,(H,27,31)/t18?,23-,24-/m1/s1. The highest BCUT2D eigenvalue weighted by atomic mass is 19.1. The molecule has 0 bridgehead atoms.